The molecule has 1 spiro atoms. The van der Waals surface area contributed by atoms with Crippen LogP contribution in [-0.2, 0) is 13.1 Å². The van der Waals surface area contributed by atoms with Crippen molar-refractivity contribution in [3.63, 3.8) is 0 Å². The van der Waals surface area contributed by atoms with Crippen molar-refractivity contribution >= 4 is 23.4 Å². The molecule has 1 atom stereocenters. The van der Waals surface area contributed by atoms with Crippen LogP contribution in [0.15, 0.2) is 30.3 Å². The van der Waals surface area contributed by atoms with Crippen molar-refractivity contribution in [3.05, 3.63) is 58.3 Å². The summed E-state index contributed by atoms with van der Waals surface area (Å²) >= 11 is 6.31. The topological polar surface area (TPSA) is 101 Å². The van der Waals surface area contributed by atoms with Crippen LogP contribution < -0.4 is 9.80 Å². The number of nitriles is 2. The fraction of sp³-hybridized carbons (Fsp3) is 0.375. The number of pyridine rings is 1. The Morgan fingerprint density at radius 2 is 1.83 bits per heavy atom. The predicted octanol–water partition coefficient (Wildman–Crippen LogP) is 2.88. The van der Waals surface area contributed by atoms with Gasteiger partial charge in [-0.3, -0.25) is 9.47 Å². The molecule has 0 saturated carbocycles. The molecule has 2 fully saturated rings. The minimum Gasteiger partial charge on any atom is -0.355 e. The molecule has 0 amide bonds. The van der Waals surface area contributed by atoms with Crippen molar-refractivity contribution in [1.29, 1.82) is 10.5 Å². The molecule has 2 aromatic heterocycles. The van der Waals surface area contributed by atoms with Crippen LogP contribution in [0.5, 0.6) is 0 Å². The molecule has 9 nitrogen and oxygen atoms in total. The van der Waals surface area contributed by atoms with E-state index in [1.807, 2.05) is 25.1 Å². The number of hydrogen-bond acceptors (Lipinski definition) is 8. The SMILES string of the molecule is CC(C#N)N1Cc2cc(Cl)ccc2-n2c(nnc2N2CC3(CN(c4ccc(F)c(C#N)n4)C3)C2)C1. The van der Waals surface area contributed by atoms with E-state index < -0.39 is 5.82 Å². The van der Waals surface area contributed by atoms with Gasteiger partial charge >= 0.3 is 0 Å². The van der Waals surface area contributed by atoms with Gasteiger partial charge in [0.1, 0.15) is 11.9 Å². The molecular formula is C24H21ClFN9. The lowest BCUT2D eigenvalue weighted by atomic mass is 9.73. The van der Waals surface area contributed by atoms with E-state index in [1.165, 1.54) is 6.07 Å². The summed E-state index contributed by atoms with van der Waals surface area (Å²) in [7, 11) is 0. The second kappa shape index (κ2) is 7.91. The average molecular weight is 490 g/mol. The molecule has 1 aromatic carbocycles. The first kappa shape index (κ1) is 21.8. The zero-order valence-electron chi connectivity index (χ0n) is 19.0. The standard InChI is InChI=1S/C24H21ClFN9/c1-15(7-27)32-9-16-6-17(25)2-4-20(16)35-22(10-32)30-31-23(35)34-13-24(14-34)11-33(12-24)21-5-3-18(26)19(8-28)29-21/h2-6,15H,9-14H2,1H3. The molecule has 35 heavy (non-hydrogen) atoms. The third kappa shape index (κ3) is 3.49. The van der Waals surface area contributed by atoms with Gasteiger partial charge in [-0.2, -0.15) is 10.5 Å². The van der Waals surface area contributed by atoms with Crippen LogP contribution in [0.2, 0.25) is 5.02 Å². The van der Waals surface area contributed by atoms with E-state index in [2.05, 4.69) is 40.5 Å². The van der Waals surface area contributed by atoms with Gasteiger partial charge in [0.25, 0.3) is 0 Å². The van der Waals surface area contributed by atoms with Gasteiger partial charge in [0.05, 0.1) is 24.3 Å². The van der Waals surface area contributed by atoms with Crippen molar-refractivity contribution in [1.82, 2.24) is 24.6 Å². The highest BCUT2D eigenvalue weighted by atomic mass is 35.5. The Bertz CT molecular complexity index is 1410. The summed E-state index contributed by atoms with van der Waals surface area (Å²) in [5, 5.41) is 28.2. The van der Waals surface area contributed by atoms with E-state index >= 15 is 0 Å². The van der Waals surface area contributed by atoms with Gasteiger partial charge in [0.2, 0.25) is 5.95 Å². The number of aromatic nitrogens is 4. The van der Waals surface area contributed by atoms with E-state index in [-0.39, 0.29) is 17.2 Å². The van der Waals surface area contributed by atoms with Crippen molar-refractivity contribution in [2.24, 2.45) is 5.41 Å². The Morgan fingerprint density at radius 1 is 1.06 bits per heavy atom. The highest BCUT2D eigenvalue weighted by molar-refractivity contribution is 6.30. The van der Waals surface area contributed by atoms with E-state index in [4.69, 9.17) is 16.9 Å². The highest BCUT2D eigenvalue weighted by Crippen LogP contribution is 2.44. The highest BCUT2D eigenvalue weighted by Gasteiger charge is 2.53. The summed E-state index contributed by atoms with van der Waals surface area (Å²) in [6, 6.07) is 12.6. The zero-order chi connectivity index (χ0) is 24.3. The maximum atomic E-state index is 13.6. The molecule has 0 radical (unpaired) electrons. The smallest absolute Gasteiger partial charge is 0.231 e. The van der Waals surface area contributed by atoms with Gasteiger partial charge in [0.15, 0.2) is 17.3 Å². The van der Waals surface area contributed by atoms with Gasteiger partial charge < -0.3 is 9.80 Å². The monoisotopic (exact) mass is 489 g/mol. The fourth-order valence-electron chi connectivity index (χ4n) is 5.29. The maximum Gasteiger partial charge on any atom is 0.231 e. The number of fused-ring (bicyclic) bond motifs is 3. The summed E-state index contributed by atoms with van der Waals surface area (Å²) in [6.45, 7) is 6.19. The number of hydrogen-bond donors (Lipinski definition) is 0. The third-order valence-electron chi connectivity index (χ3n) is 7.10. The first-order chi connectivity index (χ1) is 16.9. The molecule has 3 aromatic rings. The number of benzene rings is 1. The summed E-state index contributed by atoms with van der Waals surface area (Å²) in [6.07, 6.45) is 0. The van der Waals surface area contributed by atoms with Crippen LogP contribution >= 0.6 is 11.6 Å². The Hall–Kier alpha value is -3.73. The first-order valence-corrected chi connectivity index (χ1v) is 11.7. The van der Waals surface area contributed by atoms with Gasteiger partial charge in [-0.15, -0.1) is 10.2 Å². The molecular weight excluding hydrogens is 469 g/mol. The van der Waals surface area contributed by atoms with Crippen LogP contribution in [0, 0.1) is 33.9 Å². The Labute approximate surface area is 206 Å². The molecule has 11 heteroatoms. The van der Waals surface area contributed by atoms with Gasteiger partial charge in [-0.1, -0.05) is 11.6 Å². The van der Waals surface area contributed by atoms with Crippen LogP contribution in [0.1, 0.15) is 24.0 Å². The first-order valence-electron chi connectivity index (χ1n) is 11.3. The third-order valence-corrected chi connectivity index (χ3v) is 7.33. The maximum absolute atomic E-state index is 13.6. The molecule has 6 rings (SSSR count). The van der Waals surface area contributed by atoms with Crippen molar-refractivity contribution < 1.29 is 4.39 Å². The summed E-state index contributed by atoms with van der Waals surface area (Å²) in [4.78, 5) is 10.5. The van der Waals surface area contributed by atoms with Crippen LogP contribution in [0.4, 0.5) is 16.2 Å². The lowest BCUT2D eigenvalue weighted by molar-refractivity contribution is 0.153. The van der Waals surface area contributed by atoms with Crippen LogP contribution in [0.3, 0.4) is 0 Å². The minimum atomic E-state index is -0.599. The minimum absolute atomic E-state index is 0.101. The lowest BCUT2D eigenvalue weighted by Crippen LogP contribution is -2.73. The second-order valence-corrected chi connectivity index (χ2v) is 9.99. The van der Waals surface area contributed by atoms with Gasteiger partial charge in [-0.05, 0) is 42.8 Å². The summed E-state index contributed by atoms with van der Waals surface area (Å²) in [5.41, 5.74) is 1.93. The van der Waals surface area contributed by atoms with Crippen molar-refractivity contribution in [2.75, 3.05) is 36.0 Å². The lowest BCUT2D eigenvalue weighted by Gasteiger charge is -2.60. The predicted molar refractivity (Wildman–Crippen MR) is 126 cm³/mol. The Morgan fingerprint density at radius 3 is 2.57 bits per heavy atom. The average Bonchev–Trinajstić information content (AvgIpc) is 3.12. The summed E-state index contributed by atoms with van der Waals surface area (Å²) in [5.74, 6) is 1.60. The van der Waals surface area contributed by atoms with Crippen LogP contribution in [-0.4, -0.2) is 56.9 Å². The van der Waals surface area contributed by atoms with E-state index in [0.717, 1.165) is 49.2 Å². The molecule has 0 N–H and O–H groups in total. The van der Waals surface area contributed by atoms with E-state index in [0.29, 0.717) is 23.9 Å². The van der Waals surface area contributed by atoms with Gasteiger partial charge in [-0.25, -0.2) is 9.37 Å². The van der Waals surface area contributed by atoms with Crippen molar-refractivity contribution in [2.45, 2.75) is 26.1 Å². The fourth-order valence-corrected chi connectivity index (χ4v) is 5.48. The van der Waals surface area contributed by atoms with E-state index in [9.17, 15) is 9.65 Å². The largest absolute Gasteiger partial charge is 0.355 e. The molecule has 2 saturated heterocycles. The molecule has 0 bridgehead atoms. The number of nitrogens with zero attached hydrogens (tertiary/aromatic N) is 9. The molecule has 3 aliphatic rings. The van der Waals surface area contributed by atoms with Crippen molar-refractivity contribution in [3.8, 4) is 17.8 Å². The molecule has 5 heterocycles. The molecule has 3 aliphatic heterocycles. The Kier molecular flexibility index (Phi) is 4.92. The van der Waals surface area contributed by atoms with E-state index in [1.54, 1.807) is 12.1 Å². The quantitative estimate of drug-likeness (QED) is 0.553. The molecule has 176 valence electrons. The number of rotatable bonds is 3. The Balaban J connectivity index is 1.24. The van der Waals surface area contributed by atoms with Crippen LogP contribution in [0.25, 0.3) is 5.69 Å². The molecule has 0 aliphatic carbocycles. The zero-order valence-corrected chi connectivity index (χ0v) is 19.7. The summed E-state index contributed by atoms with van der Waals surface area (Å²) < 4.78 is 15.7. The normalized spacial score (nSPS) is 19.0. The number of anilines is 2. The molecule has 1 unspecified atom stereocenters. The van der Waals surface area contributed by atoms with Gasteiger partial charge in [0, 0.05) is 43.2 Å². The second-order valence-electron chi connectivity index (χ2n) is 9.56. The number of halogens is 2.